The maximum Gasteiger partial charge on any atom is 0.312 e. The van der Waals surface area contributed by atoms with Crippen molar-refractivity contribution in [3.05, 3.63) is 38.8 Å². The highest BCUT2D eigenvalue weighted by molar-refractivity contribution is 9.10. The Bertz CT molecular complexity index is 712. The third kappa shape index (κ3) is 2.65. The van der Waals surface area contributed by atoms with Crippen LogP contribution in [0.25, 0.3) is 0 Å². The molecule has 1 aliphatic rings. The van der Waals surface area contributed by atoms with Crippen LogP contribution in [0.1, 0.15) is 22.9 Å². The van der Waals surface area contributed by atoms with E-state index in [4.69, 9.17) is 5.11 Å². The molecule has 1 aliphatic carbocycles. The van der Waals surface area contributed by atoms with E-state index in [1.807, 2.05) is 0 Å². The standard InChI is InChI=1S/C13H9BrF2N2O2S/c14-7-3-5(15)4-8(16)11(7)18-13-17-10-6(12(19)20)1-2-9(10)21-13/h3-4,6H,1-2H2,(H,17,18)(H,19,20). The van der Waals surface area contributed by atoms with Gasteiger partial charge in [0.15, 0.2) is 10.9 Å². The van der Waals surface area contributed by atoms with Crippen LogP contribution in [0.5, 0.6) is 0 Å². The van der Waals surface area contributed by atoms with Crippen LogP contribution < -0.4 is 5.32 Å². The fraction of sp³-hybridized carbons (Fsp3) is 0.231. The summed E-state index contributed by atoms with van der Waals surface area (Å²) in [5.41, 5.74) is 0.615. The topological polar surface area (TPSA) is 62.2 Å². The minimum Gasteiger partial charge on any atom is -0.481 e. The van der Waals surface area contributed by atoms with Gasteiger partial charge in [-0.25, -0.2) is 13.8 Å². The first kappa shape index (κ1) is 14.4. The van der Waals surface area contributed by atoms with Crippen LogP contribution in [-0.4, -0.2) is 16.1 Å². The van der Waals surface area contributed by atoms with Crippen LogP contribution in [0.2, 0.25) is 0 Å². The highest BCUT2D eigenvalue weighted by atomic mass is 79.9. The summed E-state index contributed by atoms with van der Waals surface area (Å²) in [4.78, 5) is 16.2. The Kier molecular flexibility index (Phi) is 3.66. The van der Waals surface area contributed by atoms with Crippen LogP contribution in [0, 0.1) is 11.6 Å². The number of nitrogens with zero attached hydrogens (tertiary/aromatic N) is 1. The lowest BCUT2D eigenvalue weighted by molar-refractivity contribution is -0.138. The van der Waals surface area contributed by atoms with Crippen molar-refractivity contribution in [1.82, 2.24) is 4.98 Å². The van der Waals surface area contributed by atoms with Crippen molar-refractivity contribution in [2.75, 3.05) is 5.32 Å². The van der Waals surface area contributed by atoms with E-state index in [1.54, 1.807) is 0 Å². The number of aryl methyl sites for hydroxylation is 1. The van der Waals surface area contributed by atoms with Gasteiger partial charge in [0, 0.05) is 15.4 Å². The molecule has 0 bridgehead atoms. The maximum absolute atomic E-state index is 13.8. The van der Waals surface area contributed by atoms with E-state index in [1.165, 1.54) is 11.3 Å². The summed E-state index contributed by atoms with van der Waals surface area (Å²) in [5, 5.41) is 12.3. The van der Waals surface area contributed by atoms with E-state index in [0.717, 1.165) is 17.0 Å². The van der Waals surface area contributed by atoms with Crippen molar-refractivity contribution in [3.63, 3.8) is 0 Å². The first-order valence-electron chi connectivity index (χ1n) is 6.09. The molecule has 0 saturated carbocycles. The van der Waals surface area contributed by atoms with Gasteiger partial charge in [-0.2, -0.15) is 0 Å². The Labute approximate surface area is 131 Å². The van der Waals surface area contributed by atoms with E-state index in [2.05, 4.69) is 26.2 Å². The van der Waals surface area contributed by atoms with Gasteiger partial charge in [0.2, 0.25) is 0 Å². The van der Waals surface area contributed by atoms with Gasteiger partial charge in [-0.05, 0) is 34.8 Å². The number of aromatic nitrogens is 1. The zero-order valence-corrected chi connectivity index (χ0v) is 12.9. The average Bonchev–Trinajstić information content (AvgIpc) is 2.92. The molecule has 0 fully saturated rings. The first-order valence-corrected chi connectivity index (χ1v) is 7.70. The highest BCUT2D eigenvalue weighted by Gasteiger charge is 2.32. The summed E-state index contributed by atoms with van der Waals surface area (Å²) in [7, 11) is 0. The fourth-order valence-electron chi connectivity index (χ4n) is 2.29. The third-order valence-corrected chi connectivity index (χ3v) is 4.93. The molecule has 2 aromatic rings. The summed E-state index contributed by atoms with van der Waals surface area (Å²) < 4.78 is 27.0. The number of halogens is 3. The van der Waals surface area contributed by atoms with Crippen LogP contribution in [0.3, 0.4) is 0 Å². The summed E-state index contributed by atoms with van der Waals surface area (Å²) in [6.07, 6.45) is 1.19. The van der Waals surface area contributed by atoms with Gasteiger partial charge < -0.3 is 10.4 Å². The first-order chi connectivity index (χ1) is 9.95. The smallest absolute Gasteiger partial charge is 0.312 e. The van der Waals surface area contributed by atoms with E-state index in [-0.39, 0.29) is 10.2 Å². The van der Waals surface area contributed by atoms with Crippen molar-refractivity contribution < 1.29 is 18.7 Å². The quantitative estimate of drug-likeness (QED) is 0.850. The molecule has 1 aromatic heterocycles. The number of carboxylic acid groups (broad SMARTS) is 1. The van der Waals surface area contributed by atoms with Gasteiger partial charge in [0.1, 0.15) is 11.7 Å². The molecule has 8 heteroatoms. The second-order valence-corrected chi connectivity index (χ2v) is 6.56. The molecule has 1 heterocycles. The number of rotatable bonds is 3. The van der Waals surface area contributed by atoms with E-state index in [0.29, 0.717) is 23.7 Å². The molecule has 3 rings (SSSR count). The van der Waals surface area contributed by atoms with Crippen LogP contribution in [-0.2, 0) is 11.2 Å². The van der Waals surface area contributed by atoms with Crippen LogP contribution >= 0.6 is 27.3 Å². The number of carboxylic acids is 1. The van der Waals surface area contributed by atoms with Gasteiger partial charge in [-0.3, -0.25) is 4.79 Å². The molecule has 1 unspecified atom stereocenters. The normalized spacial score (nSPS) is 16.8. The summed E-state index contributed by atoms with van der Waals surface area (Å²) in [6, 6.07) is 1.92. The Morgan fingerprint density at radius 1 is 1.48 bits per heavy atom. The second kappa shape index (κ2) is 5.34. The van der Waals surface area contributed by atoms with Gasteiger partial charge in [0.05, 0.1) is 11.4 Å². The maximum atomic E-state index is 13.8. The molecular weight excluding hydrogens is 366 g/mol. The number of aliphatic carboxylic acids is 1. The lowest BCUT2D eigenvalue weighted by atomic mass is 10.1. The Morgan fingerprint density at radius 3 is 2.90 bits per heavy atom. The van der Waals surface area contributed by atoms with E-state index >= 15 is 0 Å². The lowest BCUT2D eigenvalue weighted by Gasteiger charge is -2.07. The SMILES string of the molecule is O=C(O)C1CCc2sc(Nc3c(F)cc(F)cc3Br)nc21. The monoisotopic (exact) mass is 374 g/mol. The molecule has 0 amide bonds. The lowest BCUT2D eigenvalue weighted by Crippen LogP contribution is -2.08. The average molecular weight is 375 g/mol. The molecule has 2 N–H and O–H groups in total. The highest BCUT2D eigenvalue weighted by Crippen LogP contribution is 2.40. The van der Waals surface area contributed by atoms with Crippen molar-refractivity contribution in [1.29, 1.82) is 0 Å². The Hall–Kier alpha value is -1.54. The molecular formula is C13H9BrF2N2O2S. The predicted molar refractivity (Wildman–Crippen MR) is 78.2 cm³/mol. The van der Waals surface area contributed by atoms with Gasteiger partial charge in [-0.15, -0.1) is 11.3 Å². The van der Waals surface area contributed by atoms with E-state index in [9.17, 15) is 13.6 Å². The number of hydrogen-bond acceptors (Lipinski definition) is 4. The molecule has 0 spiro atoms. The van der Waals surface area contributed by atoms with Gasteiger partial charge >= 0.3 is 5.97 Å². The Morgan fingerprint density at radius 2 is 2.24 bits per heavy atom. The summed E-state index contributed by atoms with van der Waals surface area (Å²) in [6.45, 7) is 0. The summed E-state index contributed by atoms with van der Waals surface area (Å²) >= 11 is 4.38. The number of hydrogen-bond donors (Lipinski definition) is 2. The number of nitrogens with one attached hydrogen (secondary N) is 1. The minimum atomic E-state index is -0.903. The van der Waals surface area contributed by atoms with Crippen molar-refractivity contribution in [2.45, 2.75) is 18.8 Å². The molecule has 4 nitrogen and oxygen atoms in total. The predicted octanol–water partition coefficient (Wildman–Crippen LogP) is 4.04. The minimum absolute atomic E-state index is 0.0794. The molecule has 21 heavy (non-hydrogen) atoms. The molecule has 0 saturated heterocycles. The number of benzene rings is 1. The zero-order valence-electron chi connectivity index (χ0n) is 10.5. The van der Waals surface area contributed by atoms with Gasteiger partial charge in [0.25, 0.3) is 0 Å². The zero-order chi connectivity index (χ0) is 15.1. The van der Waals surface area contributed by atoms with Gasteiger partial charge in [-0.1, -0.05) is 0 Å². The number of anilines is 2. The number of fused-ring (bicyclic) bond motifs is 1. The molecule has 0 radical (unpaired) electrons. The molecule has 1 aromatic carbocycles. The third-order valence-electron chi connectivity index (χ3n) is 3.25. The van der Waals surface area contributed by atoms with Crippen molar-refractivity contribution in [3.8, 4) is 0 Å². The van der Waals surface area contributed by atoms with Crippen molar-refractivity contribution >= 4 is 44.1 Å². The van der Waals surface area contributed by atoms with E-state index < -0.39 is 23.5 Å². The summed E-state index contributed by atoms with van der Waals surface area (Å²) in [5.74, 6) is -2.93. The van der Waals surface area contributed by atoms with Crippen molar-refractivity contribution in [2.24, 2.45) is 0 Å². The largest absolute Gasteiger partial charge is 0.481 e. The fourth-order valence-corrected chi connectivity index (χ4v) is 3.84. The number of thiazole rings is 1. The number of carbonyl (C=O) groups is 1. The molecule has 110 valence electrons. The second-order valence-electron chi connectivity index (χ2n) is 4.63. The Balaban J connectivity index is 1.91. The molecule has 0 aliphatic heterocycles. The van der Waals surface area contributed by atoms with Crippen LogP contribution in [0.15, 0.2) is 16.6 Å². The molecule has 1 atom stereocenters. The van der Waals surface area contributed by atoms with Crippen LogP contribution in [0.4, 0.5) is 19.6 Å².